The van der Waals surface area contributed by atoms with Crippen LogP contribution in [0.1, 0.15) is 13.3 Å². The van der Waals surface area contributed by atoms with Gasteiger partial charge < -0.3 is 10.4 Å². The highest BCUT2D eigenvalue weighted by Crippen LogP contribution is 2.24. The Hall–Kier alpha value is -2.48. The van der Waals surface area contributed by atoms with Crippen LogP contribution in [-0.2, 0) is 9.59 Å². The Balaban J connectivity index is 2.04. The number of rotatable bonds is 5. The summed E-state index contributed by atoms with van der Waals surface area (Å²) in [5.74, 6) is -1.73. The standard InChI is InChI=1S/C14H17N3O5/c1-9(16-7-6-10(8-16)14(19)20)13(18)15-11-4-2-3-5-12(11)17(21)22/h2-5,9-10H,6-8H2,1H3,(H,15,18)(H,19,20). The Morgan fingerprint density at radius 1 is 1.45 bits per heavy atom. The Labute approximate surface area is 126 Å². The van der Waals surface area contributed by atoms with E-state index in [4.69, 9.17) is 5.11 Å². The van der Waals surface area contributed by atoms with Gasteiger partial charge in [-0.05, 0) is 26.0 Å². The molecule has 1 aliphatic heterocycles. The molecule has 0 bridgehead atoms. The van der Waals surface area contributed by atoms with Crippen LogP contribution >= 0.6 is 0 Å². The smallest absolute Gasteiger partial charge is 0.307 e. The molecule has 22 heavy (non-hydrogen) atoms. The van der Waals surface area contributed by atoms with Gasteiger partial charge in [0, 0.05) is 12.6 Å². The van der Waals surface area contributed by atoms with Gasteiger partial charge in [0.25, 0.3) is 5.69 Å². The number of hydrogen-bond acceptors (Lipinski definition) is 5. The Kier molecular flexibility index (Phi) is 4.71. The molecule has 0 aliphatic carbocycles. The molecule has 1 aliphatic rings. The first-order chi connectivity index (χ1) is 10.4. The van der Waals surface area contributed by atoms with Crippen molar-refractivity contribution in [2.24, 2.45) is 5.92 Å². The molecular formula is C14H17N3O5. The third-order valence-electron chi connectivity index (χ3n) is 3.85. The molecule has 0 aromatic heterocycles. The number of anilines is 1. The quantitative estimate of drug-likeness (QED) is 0.626. The molecule has 0 saturated carbocycles. The lowest BCUT2D eigenvalue weighted by atomic mass is 10.1. The number of carboxylic acid groups (broad SMARTS) is 1. The van der Waals surface area contributed by atoms with Gasteiger partial charge in [-0.25, -0.2) is 0 Å². The SMILES string of the molecule is CC(C(=O)Nc1ccccc1[N+](=O)[O-])N1CCC(C(=O)O)C1. The summed E-state index contributed by atoms with van der Waals surface area (Å²) in [4.78, 5) is 35.3. The molecule has 0 radical (unpaired) electrons. The largest absolute Gasteiger partial charge is 0.481 e. The minimum absolute atomic E-state index is 0.137. The van der Waals surface area contributed by atoms with E-state index in [9.17, 15) is 19.7 Å². The van der Waals surface area contributed by atoms with Crippen molar-refractivity contribution in [2.75, 3.05) is 18.4 Å². The van der Waals surface area contributed by atoms with Crippen LogP contribution in [0.2, 0.25) is 0 Å². The highest BCUT2D eigenvalue weighted by Gasteiger charge is 2.33. The summed E-state index contributed by atoms with van der Waals surface area (Å²) in [6.07, 6.45) is 0.498. The summed E-state index contributed by atoms with van der Waals surface area (Å²) < 4.78 is 0. The summed E-state index contributed by atoms with van der Waals surface area (Å²) >= 11 is 0. The maximum Gasteiger partial charge on any atom is 0.307 e. The molecular weight excluding hydrogens is 290 g/mol. The maximum absolute atomic E-state index is 12.2. The third-order valence-corrected chi connectivity index (χ3v) is 3.85. The lowest BCUT2D eigenvalue weighted by Crippen LogP contribution is -2.41. The number of nitrogens with zero attached hydrogens (tertiary/aromatic N) is 2. The Bertz CT molecular complexity index is 604. The zero-order valence-electron chi connectivity index (χ0n) is 12.1. The molecule has 1 saturated heterocycles. The van der Waals surface area contributed by atoms with E-state index in [1.165, 1.54) is 18.2 Å². The van der Waals surface area contributed by atoms with Crippen LogP contribution in [0.4, 0.5) is 11.4 Å². The number of likely N-dealkylation sites (tertiary alicyclic amines) is 1. The predicted molar refractivity (Wildman–Crippen MR) is 78.5 cm³/mol. The Morgan fingerprint density at radius 2 is 2.14 bits per heavy atom. The molecule has 2 rings (SSSR count). The normalized spacial score (nSPS) is 19.6. The second-order valence-electron chi connectivity index (χ2n) is 5.26. The van der Waals surface area contributed by atoms with Crippen molar-refractivity contribution >= 4 is 23.3 Å². The molecule has 1 aromatic carbocycles. The molecule has 0 spiro atoms. The van der Waals surface area contributed by atoms with Crippen LogP contribution in [0.5, 0.6) is 0 Å². The molecule has 8 heteroatoms. The number of nitro groups is 1. The average molecular weight is 307 g/mol. The zero-order chi connectivity index (χ0) is 16.3. The van der Waals surface area contributed by atoms with Crippen LogP contribution in [0.15, 0.2) is 24.3 Å². The molecule has 1 aromatic rings. The lowest BCUT2D eigenvalue weighted by molar-refractivity contribution is -0.383. The van der Waals surface area contributed by atoms with Gasteiger partial charge in [0.05, 0.1) is 16.9 Å². The van der Waals surface area contributed by atoms with Gasteiger partial charge in [-0.2, -0.15) is 0 Å². The summed E-state index contributed by atoms with van der Waals surface area (Å²) in [6.45, 7) is 2.48. The monoisotopic (exact) mass is 307 g/mol. The van der Waals surface area contributed by atoms with E-state index in [0.717, 1.165) is 0 Å². The van der Waals surface area contributed by atoms with E-state index in [-0.39, 0.29) is 17.3 Å². The molecule has 2 atom stereocenters. The molecule has 8 nitrogen and oxygen atoms in total. The van der Waals surface area contributed by atoms with Crippen molar-refractivity contribution in [3.8, 4) is 0 Å². The molecule has 1 fully saturated rings. The number of para-hydroxylation sites is 2. The number of nitro benzene ring substituents is 1. The summed E-state index contributed by atoms with van der Waals surface area (Å²) in [7, 11) is 0. The van der Waals surface area contributed by atoms with E-state index in [2.05, 4.69) is 5.32 Å². The first-order valence-corrected chi connectivity index (χ1v) is 6.91. The number of benzene rings is 1. The number of amides is 1. The second kappa shape index (κ2) is 6.52. The van der Waals surface area contributed by atoms with Crippen LogP contribution in [-0.4, -0.2) is 45.9 Å². The maximum atomic E-state index is 12.2. The summed E-state index contributed by atoms with van der Waals surface area (Å²) in [6, 6.07) is 5.35. The predicted octanol–water partition coefficient (Wildman–Crippen LogP) is 1.33. The number of aliphatic carboxylic acids is 1. The van der Waals surface area contributed by atoms with Gasteiger partial charge in [0.1, 0.15) is 5.69 Å². The van der Waals surface area contributed by atoms with Gasteiger partial charge in [0.15, 0.2) is 0 Å². The second-order valence-corrected chi connectivity index (χ2v) is 5.26. The first kappa shape index (κ1) is 15.9. The number of carbonyl (C=O) groups excluding carboxylic acids is 1. The highest BCUT2D eigenvalue weighted by atomic mass is 16.6. The van der Waals surface area contributed by atoms with Crippen molar-refractivity contribution in [3.63, 3.8) is 0 Å². The van der Waals surface area contributed by atoms with Crippen molar-refractivity contribution in [1.82, 2.24) is 4.90 Å². The number of carbonyl (C=O) groups is 2. The lowest BCUT2D eigenvalue weighted by Gasteiger charge is -2.23. The topological polar surface area (TPSA) is 113 Å². The number of carboxylic acids is 1. The number of nitrogens with one attached hydrogen (secondary N) is 1. The van der Waals surface area contributed by atoms with Crippen LogP contribution in [0, 0.1) is 16.0 Å². The highest BCUT2D eigenvalue weighted by molar-refractivity contribution is 5.96. The van der Waals surface area contributed by atoms with Crippen LogP contribution in [0.3, 0.4) is 0 Å². The molecule has 1 heterocycles. The average Bonchev–Trinajstić information content (AvgIpc) is 2.96. The van der Waals surface area contributed by atoms with Gasteiger partial charge in [0.2, 0.25) is 5.91 Å². The molecule has 2 N–H and O–H groups in total. The Morgan fingerprint density at radius 3 is 2.73 bits per heavy atom. The van der Waals surface area contributed by atoms with Gasteiger partial charge in [-0.3, -0.25) is 24.6 Å². The third kappa shape index (κ3) is 3.40. The van der Waals surface area contributed by atoms with Crippen molar-refractivity contribution in [3.05, 3.63) is 34.4 Å². The van der Waals surface area contributed by atoms with E-state index in [1.54, 1.807) is 17.9 Å². The van der Waals surface area contributed by atoms with Gasteiger partial charge in [-0.15, -0.1) is 0 Å². The molecule has 118 valence electrons. The summed E-state index contributed by atoms with van der Waals surface area (Å²) in [5.41, 5.74) is -0.0359. The van der Waals surface area contributed by atoms with Crippen molar-refractivity contribution in [1.29, 1.82) is 0 Å². The molecule has 2 unspecified atom stereocenters. The fraction of sp³-hybridized carbons (Fsp3) is 0.429. The van der Waals surface area contributed by atoms with E-state index >= 15 is 0 Å². The minimum Gasteiger partial charge on any atom is -0.481 e. The van der Waals surface area contributed by atoms with Gasteiger partial charge in [-0.1, -0.05) is 12.1 Å². The summed E-state index contributed by atoms with van der Waals surface area (Å²) in [5, 5.41) is 22.5. The van der Waals surface area contributed by atoms with Crippen molar-refractivity contribution < 1.29 is 19.6 Å². The van der Waals surface area contributed by atoms with Crippen LogP contribution in [0.25, 0.3) is 0 Å². The minimum atomic E-state index is -0.867. The van der Waals surface area contributed by atoms with E-state index < -0.39 is 22.9 Å². The zero-order valence-corrected chi connectivity index (χ0v) is 12.1. The van der Waals surface area contributed by atoms with E-state index in [0.29, 0.717) is 19.5 Å². The molecule has 1 amide bonds. The fourth-order valence-corrected chi connectivity index (χ4v) is 2.48. The van der Waals surface area contributed by atoms with Crippen molar-refractivity contribution in [2.45, 2.75) is 19.4 Å². The number of hydrogen-bond donors (Lipinski definition) is 2. The van der Waals surface area contributed by atoms with Crippen LogP contribution < -0.4 is 5.32 Å². The fourth-order valence-electron chi connectivity index (χ4n) is 2.48. The first-order valence-electron chi connectivity index (χ1n) is 6.91. The van der Waals surface area contributed by atoms with Gasteiger partial charge >= 0.3 is 5.97 Å². The van der Waals surface area contributed by atoms with E-state index in [1.807, 2.05) is 0 Å².